The van der Waals surface area contributed by atoms with E-state index < -0.39 is 0 Å². The SMILES string of the molecule is C=CCN1CCC2(c3cccc(O)c3)CC(N(C)C(=O)CCCCCc3ccccc3)CCC2C1. The molecular formula is C31H42N2O2. The number of likely N-dealkylation sites (tertiary alicyclic amines) is 1. The molecule has 2 aromatic rings. The number of unbranched alkanes of at least 4 members (excludes halogenated alkanes) is 2. The molecular weight excluding hydrogens is 432 g/mol. The number of nitrogens with zero attached hydrogens (tertiary/aromatic N) is 2. The van der Waals surface area contributed by atoms with Crippen LogP contribution in [0, 0.1) is 5.92 Å². The lowest BCUT2D eigenvalue weighted by molar-refractivity contribution is -0.134. The summed E-state index contributed by atoms with van der Waals surface area (Å²) in [5.41, 5.74) is 2.64. The first-order chi connectivity index (χ1) is 17.0. The highest BCUT2D eigenvalue weighted by atomic mass is 16.3. The van der Waals surface area contributed by atoms with Gasteiger partial charge in [-0.2, -0.15) is 0 Å². The summed E-state index contributed by atoms with van der Waals surface area (Å²) in [5, 5.41) is 10.3. The molecule has 2 aliphatic rings. The lowest BCUT2D eigenvalue weighted by Gasteiger charge is -2.54. The minimum atomic E-state index is 0.0174. The summed E-state index contributed by atoms with van der Waals surface area (Å²) < 4.78 is 0. The molecule has 3 unspecified atom stereocenters. The maximum Gasteiger partial charge on any atom is 0.222 e. The van der Waals surface area contributed by atoms with Gasteiger partial charge in [-0.1, -0.05) is 55.0 Å². The van der Waals surface area contributed by atoms with Crippen LogP contribution in [0.2, 0.25) is 0 Å². The Balaban J connectivity index is 1.36. The van der Waals surface area contributed by atoms with Gasteiger partial charge in [-0.05, 0) is 80.7 Å². The average Bonchev–Trinajstić information content (AvgIpc) is 2.88. The predicted molar refractivity (Wildman–Crippen MR) is 144 cm³/mol. The Morgan fingerprint density at radius 3 is 2.74 bits per heavy atom. The molecule has 188 valence electrons. The molecule has 2 fully saturated rings. The van der Waals surface area contributed by atoms with Crippen molar-refractivity contribution >= 4 is 5.91 Å². The minimum Gasteiger partial charge on any atom is -0.508 e. The number of hydrogen-bond acceptors (Lipinski definition) is 3. The molecule has 0 bridgehead atoms. The summed E-state index contributed by atoms with van der Waals surface area (Å²) in [5.74, 6) is 1.16. The van der Waals surface area contributed by atoms with E-state index >= 15 is 0 Å². The van der Waals surface area contributed by atoms with E-state index in [1.54, 1.807) is 6.07 Å². The van der Waals surface area contributed by atoms with Crippen molar-refractivity contribution in [2.24, 2.45) is 5.92 Å². The third-order valence-corrected chi connectivity index (χ3v) is 8.53. The van der Waals surface area contributed by atoms with Crippen molar-refractivity contribution in [1.29, 1.82) is 0 Å². The van der Waals surface area contributed by atoms with Crippen LogP contribution in [0.15, 0.2) is 67.3 Å². The van der Waals surface area contributed by atoms with E-state index in [1.807, 2.05) is 30.2 Å². The number of piperidine rings is 1. The Labute approximate surface area is 211 Å². The standard InChI is InChI=1S/C31H42N2O2/c1-3-20-33-21-19-31(26-14-10-15-29(34)22-26)23-28(18-17-27(31)24-33)32(2)30(35)16-9-5-8-13-25-11-6-4-7-12-25/h3-4,6-7,10-12,14-15,22,27-28,34H,1,5,8-9,13,16-21,23-24H2,2H3. The number of phenolic OH excluding ortho intramolecular Hbond substituents is 1. The van der Waals surface area contributed by atoms with Crippen LogP contribution in [0.5, 0.6) is 5.75 Å². The Morgan fingerprint density at radius 2 is 1.97 bits per heavy atom. The summed E-state index contributed by atoms with van der Waals surface area (Å²) in [7, 11) is 2.01. The number of phenols is 1. The van der Waals surface area contributed by atoms with Gasteiger partial charge in [0.15, 0.2) is 0 Å². The van der Waals surface area contributed by atoms with Crippen molar-refractivity contribution in [1.82, 2.24) is 9.80 Å². The second-order valence-electron chi connectivity index (χ2n) is 10.7. The van der Waals surface area contributed by atoms with Crippen LogP contribution in [0.3, 0.4) is 0 Å². The quantitative estimate of drug-likeness (QED) is 0.342. The Morgan fingerprint density at radius 1 is 1.14 bits per heavy atom. The van der Waals surface area contributed by atoms with Crippen LogP contribution >= 0.6 is 0 Å². The Kier molecular flexibility index (Phi) is 8.67. The maximum atomic E-state index is 13.1. The fourth-order valence-corrected chi connectivity index (χ4v) is 6.49. The molecule has 4 heteroatoms. The topological polar surface area (TPSA) is 43.8 Å². The van der Waals surface area contributed by atoms with Crippen molar-refractivity contribution in [3.8, 4) is 5.75 Å². The fraction of sp³-hybridized carbons (Fsp3) is 0.516. The van der Waals surface area contributed by atoms with E-state index in [1.165, 1.54) is 11.1 Å². The lowest BCUT2D eigenvalue weighted by atomic mass is 9.57. The zero-order valence-corrected chi connectivity index (χ0v) is 21.4. The maximum absolute atomic E-state index is 13.1. The normalized spacial score (nSPS) is 24.5. The molecule has 2 aromatic carbocycles. The second kappa shape index (κ2) is 11.9. The van der Waals surface area contributed by atoms with Gasteiger partial charge in [0.2, 0.25) is 5.91 Å². The van der Waals surface area contributed by atoms with Crippen LogP contribution < -0.4 is 0 Å². The van der Waals surface area contributed by atoms with Crippen LogP contribution in [-0.4, -0.2) is 53.5 Å². The molecule has 1 aliphatic carbocycles. The smallest absolute Gasteiger partial charge is 0.222 e. The zero-order valence-electron chi connectivity index (χ0n) is 21.4. The molecule has 1 saturated heterocycles. The summed E-state index contributed by atoms with van der Waals surface area (Å²) in [4.78, 5) is 17.7. The van der Waals surface area contributed by atoms with Crippen molar-refractivity contribution in [3.63, 3.8) is 0 Å². The number of benzene rings is 2. The molecule has 3 atom stereocenters. The summed E-state index contributed by atoms with van der Waals surface area (Å²) >= 11 is 0. The van der Waals surface area contributed by atoms with E-state index in [4.69, 9.17) is 0 Å². The first-order valence-electron chi connectivity index (χ1n) is 13.4. The van der Waals surface area contributed by atoms with Gasteiger partial charge in [-0.15, -0.1) is 6.58 Å². The predicted octanol–water partition coefficient (Wildman–Crippen LogP) is 5.95. The van der Waals surface area contributed by atoms with E-state index in [0.29, 0.717) is 18.1 Å². The van der Waals surface area contributed by atoms with E-state index in [0.717, 1.165) is 71.0 Å². The second-order valence-corrected chi connectivity index (χ2v) is 10.7. The average molecular weight is 475 g/mol. The number of aromatic hydroxyl groups is 1. The molecule has 1 aliphatic heterocycles. The summed E-state index contributed by atoms with van der Waals surface area (Å²) in [6.07, 6.45) is 11.1. The molecule has 35 heavy (non-hydrogen) atoms. The Hall–Kier alpha value is -2.59. The molecule has 4 nitrogen and oxygen atoms in total. The molecule has 1 heterocycles. The van der Waals surface area contributed by atoms with Crippen LogP contribution in [0.25, 0.3) is 0 Å². The summed E-state index contributed by atoms with van der Waals surface area (Å²) in [6, 6.07) is 18.7. The number of rotatable bonds is 10. The number of fused-ring (bicyclic) bond motifs is 1. The first-order valence-corrected chi connectivity index (χ1v) is 13.4. The van der Waals surface area contributed by atoms with Gasteiger partial charge in [-0.3, -0.25) is 9.69 Å². The zero-order chi connectivity index (χ0) is 24.7. The molecule has 1 saturated carbocycles. The molecule has 4 rings (SSSR count). The number of hydrogen-bond donors (Lipinski definition) is 1. The van der Waals surface area contributed by atoms with Gasteiger partial charge in [0.05, 0.1) is 0 Å². The highest BCUT2D eigenvalue weighted by Gasteiger charge is 2.49. The van der Waals surface area contributed by atoms with Crippen molar-refractivity contribution < 1.29 is 9.90 Å². The summed E-state index contributed by atoms with van der Waals surface area (Å²) in [6.45, 7) is 6.96. The number of carbonyl (C=O) groups excluding carboxylic acids is 1. The molecule has 1 amide bonds. The molecule has 1 N–H and O–H groups in total. The fourth-order valence-electron chi connectivity index (χ4n) is 6.49. The Bertz CT molecular complexity index is 975. The van der Waals surface area contributed by atoms with Crippen LogP contribution in [0.1, 0.15) is 62.5 Å². The molecule has 0 spiro atoms. The third kappa shape index (κ3) is 6.16. The highest BCUT2D eigenvalue weighted by molar-refractivity contribution is 5.76. The van der Waals surface area contributed by atoms with Crippen LogP contribution in [0.4, 0.5) is 0 Å². The van der Waals surface area contributed by atoms with Gasteiger partial charge in [-0.25, -0.2) is 0 Å². The van der Waals surface area contributed by atoms with Gasteiger partial charge in [0, 0.05) is 38.0 Å². The van der Waals surface area contributed by atoms with Gasteiger partial charge in [0.25, 0.3) is 0 Å². The molecule has 0 radical (unpaired) electrons. The molecule has 0 aromatic heterocycles. The largest absolute Gasteiger partial charge is 0.508 e. The van der Waals surface area contributed by atoms with Gasteiger partial charge >= 0.3 is 0 Å². The van der Waals surface area contributed by atoms with Gasteiger partial charge < -0.3 is 10.0 Å². The third-order valence-electron chi connectivity index (χ3n) is 8.53. The van der Waals surface area contributed by atoms with Crippen molar-refractivity contribution in [2.45, 2.75) is 69.2 Å². The van der Waals surface area contributed by atoms with Gasteiger partial charge in [0.1, 0.15) is 5.75 Å². The van der Waals surface area contributed by atoms with Crippen molar-refractivity contribution in [2.75, 3.05) is 26.7 Å². The van der Waals surface area contributed by atoms with E-state index in [-0.39, 0.29) is 17.4 Å². The van der Waals surface area contributed by atoms with E-state index in [9.17, 15) is 9.90 Å². The lowest BCUT2D eigenvalue weighted by Crippen LogP contribution is -2.56. The van der Waals surface area contributed by atoms with E-state index in [2.05, 4.69) is 47.9 Å². The minimum absolute atomic E-state index is 0.0174. The van der Waals surface area contributed by atoms with Crippen molar-refractivity contribution in [3.05, 3.63) is 78.4 Å². The monoisotopic (exact) mass is 474 g/mol. The number of carbonyl (C=O) groups is 1. The number of amides is 1. The highest BCUT2D eigenvalue weighted by Crippen LogP contribution is 2.50. The number of aryl methyl sites for hydroxylation is 1. The first kappa shape index (κ1) is 25.5. The van der Waals surface area contributed by atoms with Crippen LogP contribution in [-0.2, 0) is 16.6 Å².